The average molecular weight is 925 g/mol. The third-order valence-corrected chi connectivity index (χ3v) is 20.5. The summed E-state index contributed by atoms with van der Waals surface area (Å²) in [4.78, 5) is 40.2. The molecule has 13 rings (SSSR count). The topological polar surface area (TPSA) is 74.2 Å². The highest BCUT2D eigenvalue weighted by Crippen LogP contribution is 2.53. The summed E-state index contributed by atoms with van der Waals surface area (Å²) in [6.07, 6.45) is 0. The molecule has 0 radical (unpaired) electrons. The van der Waals surface area contributed by atoms with Gasteiger partial charge in [-0.25, -0.2) is 0 Å². The van der Waals surface area contributed by atoms with Crippen molar-refractivity contribution in [2.45, 2.75) is 41.5 Å². The normalized spacial score (nSPS) is 13.8. The van der Waals surface area contributed by atoms with E-state index >= 15 is 0 Å². The third-order valence-electron chi connectivity index (χ3n) is 13.0. The number of fused-ring (bicyclic) bond motifs is 9. The molecule has 3 aliphatic rings. The highest BCUT2D eigenvalue weighted by molar-refractivity contribution is 7.33. The van der Waals surface area contributed by atoms with Crippen LogP contribution >= 0.6 is 68.0 Å². The molecule has 6 nitrogen and oxygen atoms in total. The van der Waals surface area contributed by atoms with Gasteiger partial charge in [0.15, 0.2) is 0 Å². The molecule has 0 atom stereocenters. The Morgan fingerprint density at radius 1 is 0.302 bits per heavy atom. The summed E-state index contributed by atoms with van der Waals surface area (Å²) in [5.41, 5.74) is 11.0. The molecule has 0 N–H and O–H groups in total. The molecule has 0 saturated heterocycles. The second kappa shape index (κ2) is 14.1. The Bertz CT molecular complexity index is 3580. The Morgan fingerprint density at radius 3 is 0.873 bits per heavy atom. The van der Waals surface area contributed by atoms with Crippen LogP contribution in [-0.2, 0) is 0 Å². The lowest BCUT2D eigenvalue weighted by atomic mass is 10.0. The Balaban J connectivity index is 0.975. The van der Waals surface area contributed by atoms with Crippen LogP contribution in [0.4, 0.5) is 0 Å². The van der Waals surface area contributed by atoms with Crippen LogP contribution in [0.1, 0.15) is 33.4 Å². The van der Waals surface area contributed by atoms with Crippen molar-refractivity contribution in [1.82, 2.24) is 0 Å². The van der Waals surface area contributed by atoms with Crippen LogP contribution < -0.4 is 32.1 Å². The van der Waals surface area contributed by atoms with Gasteiger partial charge in [0.05, 0.1) is 32.1 Å². The van der Waals surface area contributed by atoms with E-state index in [1.165, 1.54) is 124 Å². The maximum Gasteiger partial charge on any atom is 0.130 e. The van der Waals surface area contributed by atoms with Gasteiger partial charge in [-0.15, -0.1) is 68.0 Å². The first-order valence-electron chi connectivity index (χ1n) is 20.9. The summed E-state index contributed by atoms with van der Waals surface area (Å²) in [5, 5.41) is 10.3. The van der Waals surface area contributed by atoms with Crippen LogP contribution in [0.3, 0.4) is 0 Å². The van der Waals surface area contributed by atoms with Gasteiger partial charge in [0.25, 0.3) is 0 Å². The lowest BCUT2D eigenvalue weighted by Gasteiger charge is -2.04. The van der Waals surface area contributed by atoms with Gasteiger partial charge in [-0.05, 0) is 148 Å². The minimum absolute atomic E-state index is 0.511. The van der Waals surface area contributed by atoms with Crippen molar-refractivity contribution in [3.8, 4) is 60.6 Å². The lowest BCUT2D eigenvalue weighted by Crippen LogP contribution is -2.27. The monoisotopic (exact) mass is 924 g/mol. The van der Waals surface area contributed by atoms with Crippen LogP contribution in [0.5, 0.6) is 0 Å². The van der Waals surface area contributed by atoms with E-state index in [9.17, 15) is 0 Å². The van der Waals surface area contributed by atoms with Gasteiger partial charge in [0.1, 0.15) is 20.0 Å². The summed E-state index contributed by atoms with van der Waals surface area (Å²) in [6.45, 7) is 14.6. The van der Waals surface area contributed by atoms with Crippen molar-refractivity contribution in [2.75, 3.05) is 20.0 Å². The van der Waals surface area contributed by atoms with Crippen molar-refractivity contribution >= 4 is 98.3 Å². The second-order valence-corrected chi connectivity index (χ2v) is 23.0. The molecule has 10 aromatic rings. The standard InChI is InChI=1S/C51H36N6S6/c1-22-13-28(46-43(25(22)4)52-19-55-46)34-7-10-37(58-34)40-16-31-49(61-40)32-17-41(38-11-8-35(59-38)29-14-23(2)26(5)44-47(29)56-20-53-44)63-51(32)33-18-42(62-50(31)33)39-12-9-36(60-39)30-15-24(3)27(6)45-48(30)57-21-54-45/h7-18H,19-21H2,1-6H3. The zero-order valence-corrected chi connectivity index (χ0v) is 40.1. The van der Waals surface area contributed by atoms with E-state index in [4.69, 9.17) is 30.0 Å². The van der Waals surface area contributed by atoms with Crippen LogP contribution in [0.15, 0.2) is 103 Å². The summed E-state index contributed by atoms with van der Waals surface area (Å²) >= 11 is 11.4. The van der Waals surface area contributed by atoms with E-state index < -0.39 is 0 Å². The highest BCUT2D eigenvalue weighted by atomic mass is 32.1. The fourth-order valence-corrected chi connectivity index (χ4v) is 16.4. The van der Waals surface area contributed by atoms with Gasteiger partial charge in [0.2, 0.25) is 0 Å². The molecule has 0 amide bonds. The molecule has 3 aliphatic heterocycles. The van der Waals surface area contributed by atoms with Crippen molar-refractivity contribution in [3.63, 3.8) is 0 Å². The maximum atomic E-state index is 4.83. The number of aryl methyl sites for hydroxylation is 3. The fourth-order valence-electron chi connectivity index (χ4n) is 9.30. The van der Waals surface area contributed by atoms with Gasteiger partial charge >= 0.3 is 0 Å². The lowest BCUT2D eigenvalue weighted by molar-refractivity contribution is 1.05. The van der Waals surface area contributed by atoms with Crippen LogP contribution in [0, 0.1) is 41.5 Å². The molecule has 0 fully saturated rings. The van der Waals surface area contributed by atoms with Gasteiger partial charge in [-0.2, -0.15) is 0 Å². The van der Waals surface area contributed by atoms with E-state index in [1.807, 2.05) is 68.0 Å². The molecule has 12 heteroatoms. The number of thiophene rings is 6. The largest absolute Gasteiger partial charge is 0.259 e. The fraction of sp³-hybridized carbons (Fsp3) is 0.176. The highest BCUT2D eigenvalue weighted by Gasteiger charge is 2.23. The average Bonchev–Trinajstić information content (AvgIpc) is 4.11. The molecule has 0 saturated carbocycles. The van der Waals surface area contributed by atoms with Crippen molar-refractivity contribution < 1.29 is 0 Å². The molecule has 4 aromatic carbocycles. The van der Waals surface area contributed by atoms with Gasteiger partial charge < -0.3 is 0 Å². The number of hydrogen-bond acceptors (Lipinski definition) is 12. The van der Waals surface area contributed by atoms with Gasteiger partial charge in [0, 0.05) is 90.8 Å². The first-order chi connectivity index (χ1) is 30.7. The van der Waals surface area contributed by atoms with Crippen molar-refractivity contribution in [2.24, 2.45) is 30.0 Å². The minimum atomic E-state index is 0.511. The summed E-state index contributed by atoms with van der Waals surface area (Å²) in [6, 6.07) is 28.0. The van der Waals surface area contributed by atoms with Crippen LogP contribution in [0.25, 0.3) is 90.8 Å². The smallest absolute Gasteiger partial charge is 0.130 e. The zero-order valence-electron chi connectivity index (χ0n) is 35.2. The Labute approximate surface area is 385 Å². The van der Waals surface area contributed by atoms with E-state index in [1.54, 1.807) is 0 Å². The molecule has 0 unspecified atom stereocenters. The van der Waals surface area contributed by atoms with Crippen LogP contribution in [0.2, 0.25) is 0 Å². The van der Waals surface area contributed by atoms with Gasteiger partial charge in [-0.1, -0.05) is 0 Å². The quantitative estimate of drug-likeness (QED) is 0.159. The van der Waals surface area contributed by atoms with E-state index in [0.717, 1.165) is 32.1 Å². The second-order valence-electron chi connectivity index (χ2n) is 16.6. The Hall–Kier alpha value is -5.34. The number of benzene rings is 4. The molecule has 0 bridgehead atoms. The Kier molecular flexibility index (Phi) is 8.52. The summed E-state index contributed by atoms with van der Waals surface area (Å²) in [5.74, 6) is 0. The molecule has 6 aromatic heterocycles. The van der Waals surface area contributed by atoms with Crippen molar-refractivity contribution in [1.29, 1.82) is 0 Å². The first-order valence-corrected chi connectivity index (χ1v) is 25.8. The van der Waals surface area contributed by atoms with Crippen LogP contribution in [-0.4, -0.2) is 20.0 Å². The molecule has 0 aliphatic carbocycles. The number of hydrogen-bond donors (Lipinski definition) is 0. The minimum Gasteiger partial charge on any atom is -0.259 e. The molecular weight excluding hydrogens is 889 g/mol. The summed E-state index contributed by atoms with van der Waals surface area (Å²) < 4.78 is 4.06. The zero-order chi connectivity index (χ0) is 42.4. The third kappa shape index (κ3) is 5.74. The van der Waals surface area contributed by atoms with E-state index in [-0.39, 0.29) is 0 Å². The number of rotatable bonds is 6. The summed E-state index contributed by atoms with van der Waals surface area (Å²) in [7, 11) is 0. The van der Waals surface area contributed by atoms with E-state index in [0.29, 0.717) is 20.0 Å². The molecule has 0 spiro atoms. The molecule has 9 heterocycles. The molecular formula is C51H36N6S6. The predicted octanol–water partition coefficient (Wildman–Crippen LogP) is 12.0. The SMILES string of the molecule is Cc1cc(-c2ccc(-c3cc4c(s3)c3cc(-c5ccc(-c6cc(C)c(C)c7c6=NCN=7)s5)sc3c3cc(-c5ccc(-c6cc(C)c(C)c7c6=NCN=7)s5)sc43)s2)c2c(c1C)=NCN=2. The molecule has 306 valence electrons. The first kappa shape index (κ1) is 38.1. The van der Waals surface area contributed by atoms with Crippen molar-refractivity contribution in [3.05, 3.63) is 138 Å². The number of nitrogens with zero attached hydrogens (tertiary/aromatic N) is 6. The Morgan fingerprint density at radius 2 is 0.571 bits per heavy atom. The van der Waals surface area contributed by atoms with E-state index in [2.05, 4.69) is 114 Å². The predicted molar refractivity (Wildman–Crippen MR) is 269 cm³/mol. The maximum absolute atomic E-state index is 4.83. The molecule has 63 heavy (non-hydrogen) atoms. The van der Waals surface area contributed by atoms with Gasteiger partial charge in [-0.3, -0.25) is 30.0 Å².